The summed E-state index contributed by atoms with van der Waals surface area (Å²) in [5.74, 6) is 0.894. The van der Waals surface area contributed by atoms with Crippen molar-refractivity contribution in [1.82, 2.24) is 9.80 Å². The highest BCUT2D eigenvalue weighted by Crippen LogP contribution is 2.13. The number of ether oxygens (including phenoxy) is 2. The molecule has 1 fully saturated rings. The van der Waals surface area contributed by atoms with Crippen LogP contribution in [0.2, 0.25) is 0 Å². The van der Waals surface area contributed by atoms with Crippen LogP contribution in [0.3, 0.4) is 0 Å². The van der Waals surface area contributed by atoms with E-state index in [1.807, 2.05) is 36.2 Å². The molecule has 1 atom stereocenters. The minimum absolute atomic E-state index is 0.104. The van der Waals surface area contributed by atoms with E-state index >= 15 is 0 Å². The van der Waals surface area contributed by atoms with Crippen molar-refractivity contribution < 1.29 is 19.4 Å². The molecule has 1 saturated heterocycles. The van der Waals surface area contributed by atoms with Crippen molar-refractivity contribution in [3.8, 4) is 5.75 Å². The van der Waals surface area contributed by atoms with Crippen LogP contribution in [0, 0.1) is 0 Å². The molecule has 1 aromatic carbocycles. The van der Waals surface area contributed by atoms with Gasteiger partial charge in [0.05, 0.1) is 33.0 Å². The van der Waals surface area contributed by atoms with E-state index in [-0.39, 0.29) is 12.5 Å². The van der Waals surface area contributed by atoms with Crippen LogP contribution in [0.4, 0.5) is 0 Å². The summed E-state index contributed by atoms with van der Waals surface area (Å²) in [7, 11) is 3.45. The van der Waals surface area contributed by atoms with Gasteiger partial charge in [-0.3, -0.25) is 9.69 Å². The average molecular weight is 322 g/mol. The van der Waals surface area contributed by atoms with E-state index in [1.165, 1.54) is 0 Å². The summed E-state index contributed by atoms with van der Waals surface area (Å²) in [6.45, 7) is 3.09. The molecule has 128 valence electrons. The van der Waals surface area contributed by atoms with Gasteiger partial charge in [0, 0.05) is 26.7 Å². The first-order valence-electron chi connectivity index (χ1n) is 7.93. The molecule has 1 amide bonds. The Kier molecular flexibility index (Phi) is 6.83. The largest absolute Gasteiger partial charge is 0.497 e. The van der Waals surface area contributed by atoms with Crippen LogP contribution in [0.1, 0.15) is 12.0 Å². The van der Waals surface area contributed by atoms with Gasteiger partial charge >= 0.3 is 0 Å². The number of hydrogen-bond acceptors (Lipinski definition) is 5. The molecule has 1 heterocycles. The van der Waals surface area contributed by atoms with Crippen molar-refractivity contribution in [2.24, 2.45) is 0 Å². The Labute approximate surface area is 137 Å². The van der Waals surface area contributed by atoms with E-state index in [1.54, 1.807) is 12.0 Å². The molecule has 1 aliphatic heterocycles. The number of carbonyl (C=O) groups is 1. The van der Waals surface area contributed by atoms with Crippen molar-refractivity contribution in [2.45, 2.75) is 19.1 Å². The first-order chi connectivity index (χ1) is 11.1. The van der Waals surface area contributed by atoms with Crippen LogP contribution in [-0.4, -0.2) is 73.9 Å². The second kappa shape index (κ2) is 8.86. The number of carbonyl (C=O) groups excluding carboxylic acids is 1. The van der Waals surface area contributed by atoms with Gasteiger partial charge in [-0.15, -0.1) is 0 Å². The average Bonchev–Trinajstić information content (AvgIpc) is 2.69. The third-order valence-electron chi connectivity index (χ3n) is 3.93. The van der Waals surface area contributed by atoms with Gasteiger partial charge in [0.25, 0.3) is 0 Å². The normalized spacial score (nSPS) is 17.9. The maximum absolute atomic E-state index is 11.8. The quantitative estimate of drug-likeness (QED) is 0.802. The van der Waals surface area contributed by atoms with Gasteiger partial charge in [-0.05, 0) is 24.1 Å². The topological polar surface area (TPSA) is 62.2 Å². The summed E-state index contributed by atoms with van der Waals surface area (Å²) in [5.41, 5.74) is 1.00. The molecule has 0 aromatic heterocycles. The predicted octanol–water partition coefficient (Wildman–Crippen LogP) is 0.737. The second-order valence-corrected chi connectivity index (χ2v) is 5.92. The van der Waals surface area contributed by atoms with Crippen molar-refractivity contribution in [2.75, 3.05) is 46.9 Å². The Balaban J connectivity index is 1.72. The Morgan fingerprint density at radius 1 is 1.35 bits per heavy atom. The lowest BCUT2D eigenvalue weighted by Crippen LogP contribution is -2.39. The molecule has 1 unspecified atom stereocenters. The third-order valence-corrected chi connectivity index (χ3v) is 3.93. The van der Waals surface area contributed by atoms with Crippen LogP contribution in [0.15, 0.2) is 24.3 Å². The standard InChI is InChI=1S/C17H26N2O4/c1-18-7-4-8-19(11-17(18)21)10-15(20)13-23-12-14-5-3-6-16(9-14)22-2/h3,5-6,9,15,20H,4,7-8,10-13H2,1-2H3. The minimum Gasteiger partial charge on any atom is -0.497 e. The predicted molar refractivity (Wildman–Crippen MR) is 87.4 cm³/mol. The number of rotatable bonds is 7. The molecule has 1 aromatic rings. The van der Waals surface area contributed by atoms with Gasteiger partial charge in [0.15, 0.2) is 0 Å². The zero-order valence-electron chi connectivity index (χ0n) is 13.9. The molecule has 0 spiro atoms. The molecule has 0 aliphatic carbocycles. The Morgan fingerprint density at radius 3 is 2.96 bits per heavy atom. The molecule has 0 radical (unpaired) electrons. The van der Waals surface area contributed by atoms with Crippen LogP contribution >= 0.6 is 0 Å². The monoisotopic (exact) mass is 322 g/mol. The molecule has 6 nitrogen and oxygen atoms in total. The number of amides is 1. The number of nitrogens with zero attached hydrogens (tertiary/aromatic N) is 2. The molecule has 1 aliphatic rings. The zero-order valence-corrected chi connectivity index (χ0v) is 13.9. The summed E-state index contributed by atoms with van der Waals surface area (Å²) in [6, 6.07) is 7.66. The van der Waals surface area contributed by atoms with Crippen molar-refractivity contribution in [3.63, 3.8) is 0 Å². The SMILES string of the molecule is COc1cccc(COCC(O)CN2CCCN(C)C(=O)C2)c1. The van der Waals surface area contributed by atoms with E-state index in [9.17, 15) is 9.90 Å². The molecule has 0 saturated carbocycles. The fourth-order valence-corrected chi connectivity index (χ4v) is 2.63. The van der Waals surface area contributed by atoms with Crippen LogP contribution in [-0.2, 0) is 16.1 Å². The number of likely N-dealkylation sites (N-methyl/N-ethyl adjacent to an activating group) is 1. The Morgan fingerprint density at radius 2 is 2.17 bits per heavy atom. The fourth-order valence-electron chi connectivity index (χ4n) is 2.63. The van der Waals surface area contributed by atoms with E-state index in [4.69, 9.17) is 9.47 Å². The third kappa shape index (κ3) is 5.82. The summed E-state index contributed by atoms with van der Waals surface area (Å²) in [6.07, 6.45) is 0.330. The Hall–Kier alpha value is -1.63. The number of β-amino-alcohol motifs (C(OH)–C–C–N with tert-alkyl or cyclic N) is 1. The lowest BCUT2D eigenvalue weighted by molar-refractivity contribution is -0.130. The summed E-state index contributed by atoms with van der Waals surface area (Å²) in [5, 5.41) is 10.1. The van der Waals surface area contributed by atoms with E-state index in [0.717, 1.165) is 30.8 Å². The van der Waals surface area contributed by atoms with Crippen molar-refractivity contribution >= 4 is 5.91 Å². The van der Waals surface area contributed by atoms with Gasteiger partial charge in [0.1, 0.15) is 5.75 Å². The highest BCUT2D eigenvalue weighted by Gasteiger charge is 2.20. The maximum atomic E-state index is 11.8. The molecule has 23 heavy (non-hydrogen) atoms. The molecule has 2 rings (SSSR count). The molecular formula is C17H26N2O4. The maximum Gasteiger partial charge on any atom is 0.236 e. The number of aliphatic hydroxyl groups is 1. The first-order valence-corrected chi connectivity index (χ1v) is 7.93. The summed E-state index contributed by atoms with van der Waals surface area (Å²) < 4.78 is 10.7. The zero-order chi connectivity index (χ0) is 16.7. The van der Waals surface area contributed by atoms with Gasteiger partial charge in [-0.1, -0.05) is 12.1 Å². The lowest BCUT2D eigenvalue weighted by atomic mass is 10.2. The molecule has 1 N–H and O–H groups in total. The summed E-state index contributed by atoms with van der Waals surface area (Å²) in [4.78, 5) is 15.6. The van der Waals surface area contributed by atoms with Gasteiger partial charge < -0.3 is 19.5 Å². The smallest absolute Gasteiger partial charge is 0.236 e. The highest BCUT2D eigenvalue weighted by molar-refractivity contribution is 5.78. The minimum atomic E-state index is -0.600. The number of aliphatic hydroxyl groups excluding tert-OH is 1. The molecule has 0 bridgehead atoms. The molecular weight excluding hydrogens is 296 g/mol. The molecule has 6 heteroatoms. The first kappa shape index (κ1) is 17.7. The van der Waals surface area contributed by atoms with E-state index < -0.39 is 6.10 Å². The fraction of sp³-hybridized carbons (Fsp3) is 0.588. The number of benzene rings is 1. The van der Waals surface area contributed by atoms with E-state index in [2.05, 4.69) is 0 Å². The second-order valence-electron chi connectivity index (χ2n) is 5.92. The summed E-state index contributed by atoms with van der Waals surface area (Å²) >= 11 is 0. The van der Waals surface area contributed by atoms with Gasteiger partial charge in [-0.25, -0.2) is 0 Å². The van der Waals surface area contributed by atoms with Crippen molar-refractivity contribution in [3.05, 3.63) is 29.8 Å². The van der Waals surface area contributed by atoms with E-state index in [0.29, 0.717) is 19.7 Å². The van der Waals surface area contributed by atoms with Crippen LogP contribution < -0.4 is 4.74 Å². The number of methoxy groups -OCH3 is 1. The van der Waals surface area contributed by atoms with Crippen molar-refractivity contribution in [1.29, 1.82) is 0 Å². The highest BCUT2D eigenvalue weighted by atomic mass is 16.5. The van der Waals surface area contributed by atoms with Crippen LogP contribution in [0.5, 0.6) is 5.75 Å². The number of hydrogen-bond donors (Lipinski definition) is 1. The van der Waals surface area contributed by atoms with Crippen LogP contribution in [0.25, 0.3) is 0 Å². The lowest BCUT2D eigenvalue weighted by Gasteiger charge is -2.22. The Bertz CT molecular complexity index is 509. The van der Waals surface area contributed by atoms with Gasteiger partial charge in [0.2, 0.25) is 5.91 Å². The van der Waals surface area contributed by atoms with Gasteiger partial charge in [-0.2, -0.15) is 0 Å².